The molecule has 13 heavy (non-hydrogen) atoms. The first-order chi connectivity index (χ1) is 9.34. The van der Waals surface area contributed by atoms with E-state index in [9.17, 15) is 0 Å². The molecule has 2 heteroatoms. The molecular weight excluding hydrogens is 160 g/mol. The molecule has 0 unspecified atom stereocenters. The summed E-state index contributed by atoms with van der Waals surface area (Å²) in [5.41, 5.74) is 0.209. The van der Waals surface area contributed by atoms with Crippen LogP contribution in [-0.2, 0) is 0 Å². The smallest absolute Gasteiger partial charge is 0.0876 e. The lowest BCUT2D eigenvalue weighted by atomic mass is 10.1. The second kappa shape index (κ2) is 2.33. The lowest BCUT2D eigenvalue weighted by Gasteiger charge is -1.94. The summed E-state index contributed by atoms with van der Waals surface area (Å²) in [4.78, 5) is 6.42. The lowest BCUT2D eigenvalue weighted by Crippen LogP contribution is -1.76. The number of hydrogen-bond acceptors (Lipinski definition) is 1. The summed E-state index contributed by atoms with van der Waals surface area (Å²) in [5.74, 6) is 0. The van der Waals surface area contributed by atoms with Crippen molar-refractivity contribution in [1.29, 1.82) is 0 Å². The number of H-pyrrole nitrogens is 1. The first-order valence-electron chi connectivity index (χ1n) is 7.20. The van der Waals surface area contributed by atoms with E-state index >= 15 is 0 Å². The molecule has 0 saturated carbocycles. The molecule has 62 valence electrons. The molecule has 2 aliphatic heterocycles. The Morgan fingerprint density at radius 1 is 1.23 bits per heavy atom. The van der Waals surface area contributed by atoms with Crippen molar-refractivity contribution in [3.8, 4) is 11.3 Å². The fraction of sp³-hybridized carbons (Fsp3) is 0. The summed E-state index contributed by atoms with van der Waals surface area (Å²) in [5, 5.41) is 0.0898. The van der Waals surface area contributed by atoms with Gasteiger partial charge in [-0.05, 0) is 12.1 Å². The standard InChI is InChI=1S/C11H8N2/c1-2-4-10-8(3-1)9-5-6-12-7-11(9)13-10/h1-7,12H/i1D,2D,3D,4D,5D,6D,7D. The maximum atomic E-state index is 7.92. The summed E-state index contributed by atoms with van der Waals surface area (Å²) in [6.45, 7) is 0. The van der Waals surface area contributed by atoms with E-state index in [1.54, 1.807) is 0 Å². The average molecular weight is 175 g/mol. The highest BCUT2D eigenvalue weighted by Crippen LogP contribution is 2.29. The molecule has 2 aliphatic rings. The predicted octanol–water partition coefficient (Wildman–Crippen LogP) is 2.67. The van der Waals surface area contributed by atoms with Crippen LogP contribution in [0.3, 0.4) is 0 Å². The van der Waals surface area contributed by atoms with Gasteiger partial charge in [-0.15, -0.1) is 0 Å². The maximum absolute atomic E-state index is 7.92. The SMILES string of the molecule is [2H]c1[nH]c([2H])c([2H])c2c3c([2H])c([2H])c([2H])c([2H])c3nc1-2. The molecule has 0 radical (unpaired) electrons. The Morgan fingerprint density at radius 3 is 3.15 bits per heavy atom. The topological polar surface area (TPSA) is 28.7 Å². The summed E-state index contributed by atoms with van der Waals surface area (Å²) < 4.78 is 54.2. The van der Waals surface area contributed by atoms with Gasteiger partial charge in [0.15, 0.2) is 0 Å². The zero-order chi connectivity index (χ0) is 14.8. The van der Waals surface area contributed by atoms with Gasteiger partial charge in [0.2, 0.25) is 0 Å². The summed E-state index contributed by atoms with van der Waals surface area (Å²) in [6.07, 6.45) is -0.474. The number of nitrogens with one attached hydrogen (secondary N) is 1. The number of hydrogen-bond donors (Lipinski definition) is 1. The highest BCUT2D eigenvalue weighted by Gasteiger charge is 2.08. The minimum absolute atomic E-state index is 0.0204. The lowest BCUT2D eigenvalue weighted by molar-refractivity contribution is 1.29. The van der Waals surface area contributed by atoms with Crippen molar-refractivity contribution in [2.24, 2.45) is 0 Å². The maximum Gasteiger partial charge on any atom is 0.0876 e. The number of fused-ring (bicyclic) bond motifs is 3. The highest BCUT2D eigenvalue weighted by molar-refractivity contribution is 5.96. The Hall–Kier alpha value is -1.83. The van der Waals surface area contributed by atoms with E-state index in [4.69, 9.17) is 9.60 Å². The Kier molecular flexibility index (Phi) is 0.508. The van der Waals surface area contributed by atoms with E-state index < -0.39 is 12.1 Å². The van der Waals surface area contributed by atoms with E-state index in [0.29, 0.717) is 0 Å². The highest BCUT2D eigenvalue weighted by atomic mass is 14.8. The molecule has 0 saturated heterocycles. The molecule has 2 nitrogen and oxygen atoms in total. The largest absolute Gasteiger partial charge is 0.366 e. The Balaban J connectivity index is 2.67. The number of pyridine rings is 1. The van der Waals surface area contributed by atoms with E-state index in [1.165, 1.54) is 0 Å². The van der Waals surface area contributed by atoms with Crippen LogP contribution < -0.4 is 0 Å². The Morgan fingerprint density at radius 2 is 2.15 bits per heavy atom. The van der Waals surface area contributed by atoms with E-state index in [-0.39, 0.29) is 52.6 Å². The third kappa shape index (κ3) is 0.855. The number of benzene rings is 1. The molecule has 1 N–H and O–H groups in total. The van der Waals surface area contributed by atoms with E-state index in [0.717, 1.165) is 0 Å². The monoisotopic (exact) mass is 175 g/mol. The van der Waals surface area contributed by atoms with Gasteiger partial charge in [-0.3, -0.25) is 0 Å². The third-order valence-electron chi connectivity index (χ3n) is 1.81. The van der Waals surface area contributed by atoms with Gasteiger partial charge in [-0.1, -0.05) is 18.1 Å². The van der Waals surface area contributed by atoms with Crippen molar-refractivity contribution in [2.45, 2.75) is 0 Å². The molecule has 0 amide bonds. The van der Waals surface area contributed by atoms with Crippen LogP contribution in [0.15, 0.2) is 42.6 Å². The Labute approximate surface area is 85.4 Å². The van der Waals surface area contributed by atoms with E-state index in [1.807, 2.05) is 0 Å². The van der Waals surface area contributed by atoms with Crippen LogP contribution >= 0.6 is 0 Å². The molecule has 0 atom stereocenters. The van der Waals surface area contributed by atoms with Crippen LogP contribution in [0.2, 0.25) is 0 Å². The number of aromatic nitrogens is 2. The molecule has 0 aromatic heterocycles. The van der Waals surface area contributed by atoms with Crippen molar-refractivity contribution in [2.75, 3.05) is 0 Å². The second-order valence-electron chi connectivity index (χ2n) is 2.56. The summed E-state index contributed by atoms with van der Waals surface area (Å²) in [6, 6.07) is -1.66. The Bertz CT molecular complexity index is 839. The fourth-order valence-electron chi connectivity index (χ4n) is 1.25. The molecule has 2 heterocycles. The molecule has 0 bridgehead atoms. The summed E-state index contributed by atoms with van der Waals surface area (Å²) >= 11 is 0. The van der Waals surface area contributed by atoms with Gasteiger partial charge in [0.1, 0.15) is 0 Å². The van der Waals surface area contributed by atoms with Crippen LogP contribution in [0.4, 0.5) is 0 Å². The van der Waals surface area contributed by atoms with Gasteiger partial charge in [-0.2, -0.15) is 0 Å². The first-order valence-corrected chi connectivity index (χ1v) is 3.70. The van der Waals surface area contributed by atoms with Gasteiger partial charge in [0.25, 0.3) is 0 Å². The van der Waals surface area contributed by atoms with Crippen molar-refractivity contribution >= 4 is 10.9 Å². The zero-order valence-corrected chi connectivity index (χ0v) is 6.45. The first kappa shape index (κ1) is 2.84. The van der Waals surface area contributed by atoms with Crippen molar-refractivity contribution in [3.63, 3.8) is 0 Å². The number of nitrogens with zero attached hydrogens (tertiary/aromatic N) is 1. The predicted molar refractivity (Wildman–Crippen MR) is 52.7 cm³/mol. The van der Waals surface area contributed by atoms with Crippen molar-refractivity contribution < 1.29 is 9.60 Å². The minimum atomic E-state index is -0.415. The fourth-order valence-corrected chi connectivity index (χ4v) is 1.25. The molecular formula is C11H8N2. The molecule has 1 aromatic carbocycles. The molecule has 0 aliphatic carbocycles. The van der Waals surface area contributed by atoms with Gasteiger partial charge in [0, 0.05) is 23.3 Å². The molecule has 1 aromatic rings. The summed E-state index contributed by atoms with van der Waals surface area (Å²) in [7, 11) is 0. The average Bonchev–Trinajstić information content (AvgIpc) is 2.81. The van der Waals surface area contributed by atoms with Gasteiger partial charge in [-0.25, -0.2) is 4.98 Å². The van der Waals surface area contributed by atoms with Gasteiger partial charge < -0.3 is 4.98 Å². The van der Waals surface area contributed by atoms with Crippen LogP contribution in [0.25, 0.3) is 22.2 Å². The van der Waals surface area contributed by atoms with Crippen LogP contribution in [0.1, 0.15) is 9.60 Å². The normalized spacial score (nSPS) is 18.6. The van der Waals surface area contributed by atoms with Crippen LogP contribution in [0, 0.1) is 0 Å². The van der Waals surface area contributed by atoms with Crippen LogP contribution in [0.5, 0.6) is 0 Å². The minimum Gasteiger partial charge on any atom is -0.366 e. The molecule has 0 fully saturated rings. The zero-order valence-electron chi connectivity index (χ0n) is 13.4. The third-order valence-corrected chi connectivity index (χ3v) is 1.81. The van der Waals surface area contributed by atoms with Crippen LogP contribution in [-0.4, -0.2) is 9.97 Å². The van der Waals surface area contributed by atoms with Crippen molar-refractivity contribution in [1.82, 2.24) is 9.97 Å². The quantitative estimate of drug-likeness (QED) is 0.559. The number of aromatic amines is 1. The number of rotatable bonds is 0. The van der Waals surface area contributed by atoms with Gasteiger partial charge >= 0.3 is 0 Å². The molecule has 0 spiro atoms. The number of para-hydroxylation sites is 1. The van der Waals surface area contributed by atoms with E-state index in [2.05, 4.69) is 9.97 Å². The molecule has 3 rings (SSSR count). The second-order valence-corrected chi connectivity index (χ2v) is 2.56. The van der Waals surface area contributed by atoms with Crippen molar-refractivity contribution in [3.05, 3.63) is 42.6 Å². The van der Waals surface area contributed by atoms with Gasteiger partial charge in [0.05, 0.1) is 20.8 Å².